The van der Waals surface area contributed by atoms with Gasteiger partial charge in [-0.05, 0) is 26.9 Å². The predicted octanol–water partition coefficient (Wildman–Crippen LogP) is 2.13. The zero-order valence-corrected chi connectivity index (χ0v) is 6.56. The van der Waals surface area contributed by atoms with Gasteiger partial charge in [-0.15, -0.1) is 0 Å². The van der Waals surface area contributed by atoms with Crippen LogP contribution in [-0.2, 0) is 0 Å². The van der Waals surface area contributed by atoms with Crippen molar-refractivity contribution in [1.29, 1.82) is 0 Å². The summed E-state index contributed by atoms with van der Waals surface area (Å²) in [6, 6.07) is 0.888. The molecule has 0 aromatic carbocycles. The van der Waals surface area contributed by atoms with E-state index in [0.717, 1.165) is 6.04 Å². The molecule has 1 aliphatic carbocycles. The third-order valence-corrected chi connectivity index (χ3v) is 2.30. The Bertz CT molecular complexity index is 77.3. The Morgan fingerprint density at radius 1 is 1.11 bits per heavy atom. The minimum absolute atomic E-state index is 0. The molecule has 0 saturated heterocycles. The molecule has 0 atom stereocenters. The SMILES string of the molecule is CN(C)C1CCCCC1.[HH]. The first-order chi connectivity index (χ1) is 4.30. The van der Waals surface area contributed by atoms with Crippen LogP contribution in [0.4, 0.5) is 0 Å². The highest BCUT2D eigenvalue weighted by Gasteiger charge is 2.13. The highest BCUT2D eigenvalue weighted by molar-refractivity contribution is 4.70. The number of rotatable bonds is 1. The molecule has 0 spiro atoms. The fraction of sp³-hybridized carbons (Fsp3) is 1.00. The van der Waals surface area contributed by atoms with Gasteiger partial charge in [0.2, 0.25) is 0 Å². The van der Waals surface area contributed by atoms with Crippen molar-refractivity contribution in [2.75, 3.05) is 14.1 Å². The van der Waals surface area contributed by atoms with E-state index in [2.05, 4.69) is 19.0 Å². The summed E-state index contributed by atoms with van der Waals surface area (Å²) in [6.45, 7) is 0. The molecule has 0 unspecified atom stereocenters. The molecule has 1 nitrogen and oxygen atoms in total. The van der Waals surface area contributed by atoms with Crippen LogP contribution in [-0.4, -0.2) is 25.0 Å². The van der Waals surface area contributed by atoms with Crippen LogP contribution in [0.3, 0.4) is 0 Å². The van der Waals surface area contributed by atoms with Crippen LogP contribution in [0.2, 0.25) is 0 Å². The van der Waals surface area contributed by atoms with Gasteiger partial charge in [-0.25, -0.2) is 0 Å². The topological polar surface area (TPSA) is 3.24 Å². The van der Waals surface area contributed by atoms with Gasteiger partial charge < -0.3 is 4.90 Å². The average molecular weight is 129 g/mol. The summed E-state index contributed by atoms with van der Waals surface area (Å²) >= 11 is 0. The van der Waals surface area contributed by atoms with Gasteiger partial charge in [0.25, 0.3) is 0 Å². The van der Waals surface area contributed by atoms with E-state index in [9.17, 15) is 0 Å². The third-order valence-electron chi connectivity index (χ3n) is 2.30. The molecule has 0 amide bonds. The largest absolute Gasteiger partial charge is 0.306 e. The fourth-order valence-corrected chi connectivity index (χ4v) is 1.60. The molecule has 9 heavy (non-hydrogen) atoms. The minimum atomic E-state index is 0. The van der Waals surface area contributed by atoms with E-state index < -0.39 is 0 Å². The second-order valence-corrected chi connectivity index (χ2v) is 3.26. The van der Waals surface area contributed by atoms with Gasteiger partial charge >= 0.3 is 0 Å². The summed E-state index contributed by atoms with van der Waals surface area (Å²) < 4.78 is 0. The van der Waals surface area contributed by atoms with Gasteiger partial charge in [0.05, 0.1) is 0 Å². The summed E-state index contributed by atoms with van der Waals surface area (Å²) in [4.78, 5) is 2.36. The molecular weight excluding hydrogens is 110 g/mol. The Labute approximate surface area is 59.5 Å². The second-order valence-electron chi connectivity index (χ2n) is 3.26. The number of hydrogen-bond donors (Lipinski definition) is 0. The number of nitrogens with zero attached hydrogens (tertiary/aromatic N) is 1. The highest BCUT2D eigenvalue weighted by atomic mass is 15.1. The first kappa shape index (κ1) is 7.07. The molecular formula is C8H19N. The lowest BCUT2D eigenvalue weighted by molar-refractivity contribution is 0.229. The maximum atomic E-state index is 2.36. The van der Waals surface area contributed by atoms with Crippen LogP contribution in [0, 0.1) is 0 Å². The van der Waals surface area contributed by atoms with Crippen LogP contribution in [0.15, 0.2) is 0 Å². The maximum Gasteiger partial charge on any atom is 0.00891 e. The lowest BCUT2D eigenvalue weighted by Gasteiger charge is -2.27. The quantitative estimate of drug-likeness (QED) is 0.524. The van der Waals surface area contributed by atoms with E-state index in [0.29, 0.717) is 0 Å². The Hall–Kier alpha value is -0.0400. The first-order valence-corrected chi connectivity index (χ1v) is 3.97. The van der Waals surface area contributed by atoms with Crippen molar-refractivity contribution in [2.45, 2.75) is 38.1 Å². The van der Waals surface area contributed by atoms with E-state index in [1.165, 1.54) is 32.1 Å². The molecule has 0 N–H and O–H groups in total. The van der Waals surface area contributed by atoms with Crippen LogP contribution >= 0.6 is 0 Å². The zero-order chi connectivity index (χ0) is 6.69. The van der Waals surface area contributed by atoms with Crippen LogP contribution in [0.5, 0.6) is 0 Å². The summed E-state index contributed by atoms with van der Waals surface area (Å²) in [7, 11) is 4.38. The summed E-state index contributed by atoms with van der Waals surface area (Å²) in [5.41, 5.74) is 0. The van der Waals surface area contributed by atoms with Crippen molar-refractivity contribution >= 4 is 0 Å². The fourth-order valence-electron chi connectivity index (χ4n) is 1.60. The monoisotopic (exact) mass is 129 g/mol. The van der Waals surface area contributed by atoms with Crippen molar-refractivity contribution < 1.29 is 1.43 Å². The standard InChI is InChI=1S/C8H17N.H2/c1-9(2)8-6-4-3-5-7-8;/h8H,3-7H2,1-2H3;1H. The predicted molar refractivity (Wildman–Crippen MR) is 42.7 cm³/mol. The first-order valence-electron chi connectivity index (χ1n) is 3.97. The van der Waals surface area contributed by atoms with Crippen molar-refractivity contribution in [1.82, 2.24) is 4.90 Å². The van der Waals surface area contributed by atoms with E-state index in [1.807, 2.05) is 0 Å². The lowest BCUT2D eigenvalue weighted by atomic mass is 9.95. The molecule has 1 aliphatic rings. The zero-order valence-electron chi connectivity index (χ0n) is 6.56. The smallest absolute Gasteiger partial charge is 0.00891 e. The molecule has 0 radical (unpaired) electrons. The lowest BCUT2D eigenvalue weighted by Crippen LogP contribution is -2.29. The Kier molecular flexibility index (Phi) is 2.52. The van der Waals surface area contributed by atoms with Gasteiger partial charge in [-0.2, -0.15) is 0 Å². The summed E-state index contributed by atoms with van der Waals surface area (Å²) in [5, 5.41) is 0. The Morgan fingerprint density at radius 3 is 2.00 bits per heavy atom. The van der Waals surface area contributed by atoms with E-state index in [4.69, 9.17) is 0 Å². The normalized spacial score (nSPS) is 23.0. The third kappa shape index (κ3) is 1.98. The van der Waals surface area contributed by atoms with Crippen LogP contribution in [0.1, 0.15) is 33.5 Å². The van der Waals surface area contributed by atoms with E-state index in [1.54, 1.807) is 0 Å². The molecule has 1 fully saturated rings. The average Bonchev–Trinajstić information content (AvgIpc) is 1.90. The molecule has 0 aliphatic heterocycles. The van der Waals surface area contributed by atoms with Gasteiger partial charge in [0.15, 0.2) is 0 Å². The molecule has 56 valence electrons. The summed E-state index contributed by atoms with van der Waals surface area (Å²) in [5.74, 6) is 0. The highest BCUT2D eigenvalue weighted by Crippen LogP contribution is 2.20. The van der Waals surface area contributed by atoms with Crippen LogP contribution in [0.25, 0.3) is 0 Å². The van der Waals surface area contributed by atoms with Gasteiger partial charge in [0.1, 0.15) is 0 Å². The maximum absolute atomic E-state index is 2.36. The molecule has 1 heteroatoms. The Balaban J connectivity index is 0.000000810. The van der Waals surface area contributed by atoms with Crippen molar-refractivity contribution in [2.24, 2.45) is 0 Å². The minimum Gasteiger partial charge on any atom is -0.306 e. The molecule has 1 rings (SSSR count). The summed E-state index contributed by atoms with van der Waals surface area (Å²) in [6.07, 6.45) is 7.20. The van der Waals surface area contributed by atoms with Gasteiger partial charge in [-0.3, -0.25) is 0 Å². The van der Waals surface area contributed by atoms with Crippen molar-refractivity contribution in [3.8, 4) is 0 Å². The van der Waals surface area contributed by atoms with Gasteiger partial charge in [0, 0.05) is 7.47 Å². The van der Waals surface area contributed by atoms with Crippen molar-refractivity contribution in [3.05, 3.63) is 0 Å². The molecule has 1 saturated carbocycles. The van der Waals surface area contributed by atoms with E-state index in [-0.39, 0.29) is 1.43 Å². The molecule has 0 heterocycles. The second kappa shape index (κ2) is 3.21. The Morgan fingerprint density at radius 2 is 1.67 bits per heavy atom. The van der Waals surface area contributed by atoms with Crippen LogP contribution < -0.4 is 0 Å². The van der Waals surface area contributed by atoms with Crippen molar-refractivity contribution in [3.63, 3.8) is 0 Å². The molecule has 0 aromatic heterocycles. The number of hydrogen-bond acceptors (Lipinski definition) is 1. The van der Waals surface area contributed by atoms with E-state index >= 15 is 0 Å². The van der Waals surface area contributed by atoms with Gasteiger partial charge in [-0.1, -0.05) is 19.3 Å². The molecule has 0 aromatic rings. The molecule has 0 bridgehead atoms.